The second-order valence-corrected chi connectivity index (χ2v) is 7.49. The predicted octanol–water partition coefficient (Wildman–Crippen LogP) is 3.18. The number of carbonyl (C=O) groups is 2. The summed E-state index contributed by atoms with van der Waals surface area (Å²) in [6.45, 7) is 3.88. The highest BCUT2D eigenvalue weighted by molar-refractivity contribution is 5.94. The van der Waals surface area contributed by atoms with E-state index in [0.29, 0.717) is 31.7 Å². The van der Waals surface area contributed by atoms with Crippen LogP contribution in [0.3, 0.4) is 0 Å². The largest absolute Gasteiger partial charge is 0.338 e. The average molecular weight is 390 g/mol. The third kappa shape index (κ3) is 5.41. The zero-order valence-electron chi connectivity index (χ0n) is 16.8. The van der Waals surface area contributed by atoms with E-state index in [4.69, 9.17) is 5.26 Å². The number of hydrogen-bond donors (Lipinski definition) is 0. The number of piperidine rings is 1. The molecule has 1 aromatic carbocycles. The molecule has 1 aliphatic heterocycles. The molecule has 0 saturated carbocycles. The summed E-state index contributed by atoms with van der Waals surface area (Å²) in [6, 6.07) is 13.4. The predicted molar refractivity (Wildman–Crippen MR) is 110 cm³/mol. The zero-order chi connectivity index (χ0) is 20.6. The van der Waals surface area contributed by atoms with Gasteiger partial charge in [0.1, 0.15) is 0 Å². The molecule has 1 unspecified atom stereocenters. The summed E-state index contributed by atoms with van der Waals surface area (Å²) in [7, 11) is 0. The summed E-state index contributed by atoms with van der Waals surface area (Å²) in [5, 5.41) is 8.98. The lowest BCUT2D eigenvalue weighted by molar-refractivity contribution is -0.137. The molecule has 0 aliphatic carbocycles. The van der Waals surface area contributed by atoms with Gasteiger partial charge >= 0.3 is 0 Å². The molecule has 0 N–H and O–H groups in total. The maximum Gasteiger partial charge on any atom is 0.253 e. The van der Waals surface area contributed by atoms with Gasteiger partial charge in [0, 0.05) is 44.1 Å². The van der Waals surface area contributed by atoms with Crippen LogP contribution in [0.4, 0.5) is 0 Å². The summed E-state index contributed by atoms with van der Waals surface area (Å²) in [5.41, 5.74) is 2.69. The van der Waals surface area contributed by atoms with Crippen LogP contribution in [0.15, 0.2) is 48.8 Å². The van der Waals surface area contributed by atoms with Gasteiger partial charge in [-0.05, 0) is 43.5 Å². The van der Waals surface area contributed by atoms with Crippen molar-refractivity contribution in [2.45, 2.75) is 32.7 Å². The van der Waals surface area contributed by atoms with Crippen LogP contribution < -0.4 is 0 Å². The summed E-state index contributed by atoms with van der Waals surface area (Å²) >= 11 is 0. The van der Waals surface area contributed by atoms with E-state index >= 15 is 0 Å². The van der Waals surface area contributed by atoms with Crippen LogP contribution in [0.25, 0.3) is 0 Å². The fourth-order valence-electron chi connectivity index (χ4n) is 3.66. The van der Waals surface area contributed by atoms with E-state index in [1.165, 1.54) is 0 Å². The Morgan fingerprint density at radius 2 is 2.07 bits per heavy atom. The molecule has 1 fully saturated rings. The molecule has 2 heterocycles. The molecule has 2 amide bonds. The second-order valence-electron chi connectivity index (χ2n) is 7.49. The number of nitriles is 1. The number of aromatic nitrogens is 1. The first kappa shape index (κ1) is 20.5. The lowest BCUT2D eigenvalue weighted by Crippen LogP contribution is -2.46. The van der Waals surface area contributed by atoms with E-state index in [1.54, 1.807) is 22.2 Å². The van der Waals surface area contributed by atoms with Gasteiger partial charge in [-0.3, -0.25) is 14.6 Å². The Morgan fingerprint density at radius 3 is 2.76 bits per heavy atom. The van der Waals surface area contributed by atoms with Crippen LogP contribution in [0.1, 0.15) is 40.7 Å². The molecule has 6 heteroatoms. The van der Waals surface area contributed by atoms with E-state index in [9.17, 15) is 9.59 Å². The summed E-state index contributed by atoms with van der Waals surface area (Å²) in [5.74, 6) is -0.266. The highest BCUT2D eigenvalue weighted by Crippen LogP contribution is 2.22. The molecule has 1 aliphatic rings. The summed E-state index contributed by atoms with van der Waals surface area (Å²) < 4.78 is 0. The molecule has 29 heavy (non-hydrogen) atoms. The van der Waals surface area contributed by atoms with Crippen LogP contribution in [0, 0.1) is 24.2 Å². The fraction of sp³-hybridized carbons (Fsp3) is 0.391. The minimum atomic E-state index is -0.242. The van der Waals surface area contributed by atoms with Crippen LogP contribution in [0.2, 0.25) is 0 Å². The number of carbonyl (C=O) groups excluding carboxylic acids is 2. The Morgan fingerprint density at radius 1 is 1.28 bits per heavy atom. The second kappa shape index (κ2) is 9.83. The van der Waals surface area contributed by atoms with Crippen molar-refractivity contribution in [1.82, 2.24) is 14.8 Å². The first-order chi connectivity index (χ1) is 14.1. The standard InChI is InChI=1S/C23H26N4O2/c1-18-7-9-20(10-8-18)22(28)27-13-3-6-21(17-27)23(29)26(14-4-11-24)16-19-5-2-12-25-15-19/h2,5,7-10,12,15,21H,3-4,6,13-14,16-17H2,1H3. The third-order valence-electron chi connectivity index (χ3n) is 5.26. The van der Waals surface area contributed by atoms with Gasteiger partial charge in [0.2, 0.25) is 5.91 Å². The number of pyridine rings is 1. The number of aryl methyl sites for hydroxylation is 1. The van der Waals surface area contributed by atoms with Crippen LogP contribution >= 0.6 is 0 Å². The van der Waals surface area contributed by atoms with Crippen LogP contribution in [-0.2, 0) is 11.3 Å². The van der Waals surface area contributed by atoms with Crippen molar-refractivity contribution in [3.8, 4) is 6.07 Å². The number of rotatable bonds is 6. The molecule has 0 bridgehead atoms. The first-order valence-electron chi connectivity index (χ1n) is 9.99. The molecular weight excluding hydrogens is 364 g/mol. The Labute approximate surface area is 171 Å². The number of benzene rings is 1. The Kier molecular flexibility index (Phi) is 6.96. The smallest absolute Gasteiger partial charge is 0.253 e. The van der Waals surface area contributed by atoms with Gasteiger partial charge < -0.3 is 9.80 Å². The Balaban J connectivity index is 1.69. The van der Waals surface area contributed by atoms with Crippen molar-refractivity contribution >= 4 is 11.8 Å². The fourth-order valence-corrected chi connectivity index (χ4v) is 3.66. The summed E-state index contributed by atoms with van der Waals surface area (Å²) in [4.78, 5) is 33.7. The number of likely N-dealkylation sites (tertiary alicyclic amines) is 1. The number of hydrogen-bond acceptors (Lipinski definition) is 4. The van der Waals surface area contributed by atoms with Gasteiger partial charge in [-0.25, -0.2) is 0 Å². The van der Waals surface area contributed by atoms with Crippen molar-refractivity contribution in [3.63, 3.8) is 0 Å². The number of nitrogens with zero attached hydrogens (tertiary/aromatic N) is 4. The van der Waals surface area contributed by atoms with E-state index in [2.05, 4.69) is 11.1 Å². The van der Waals surface area contributed by atoms with E-state index < -0.39 is 0 Å². The molecule has 3 rings (SSSR count). The normalized spacial score (nSPS) is 16.1. The minimum absolute atomic E-state index is 0.00510. The first-order valence-corrected chi connectivity index (χ1v) is 9.99. The van der Waals surface area contributed by atoms with Crippen molar-refractivity contribution in [2.75, 3.05) is 19.6 Å². The highest BCUT2D eigenvalue weighted by atomic mass is 16.2. The quantitative estimate of drug-likeness (QED) is 0.759. The highest BCUT2D eigenvalue weighted by Gasteiger charge is 2.31. The van der Waals surface area contributed by atoms with Gasteiger partial charge in [-0.2, -0.15) is 5.26 Å². The SMILES string of the molecule is Cc1ccc(C(=O)N2CCCC(C(=O)N(CCC#N)Cc3cccnc3)C2)cc1. The van der Waals surface area contributed by atoms with Gasteiger partial charge in [0.15, 0.2) is 0 Å². The molecule has 1 aromatic heterocycles. The molecule has 0 radical (unpaired) electrons. The zero-order valence-corrected chi connectivity index (χ0v) is 16.8. The Bertz CT molecular complexity index is 874. The van der Waals surface area contributed by atoms with Crippen molar-refractivity contribution in [1.29, 1.82) is 5.26 Å². The van der Waals surface area contributed by atoms with Gasteiger partial charge in [0.25, 0.3) is 5.91 Å². The Hall–Kier alpha value is -3.20. The molecule has 6 nitrogen and oxygen atoms in total. The van der Waals surface area contributed by atoms with E-state index in [-0.39, 0.29) is 24.2 Å². The molecule has 150 valence electrons. The molecule has 2 aromatic rings. The maximum absolute atomic E-state index is 13.2. The van der Waals surface area contributed by atoms with Crippen molar-refractivity contribution in [3.05, 3.63) is 65.5 Å². The van der Waals surface area contributed by atoms with Crippen molar-refractivity contribution < 1.29 is 9.59 Å². The van der Waals surface area contributed by atoms with Crippen molar-refractivity contribution in [2.24, 2.45) is 5.92 Å². The van der Waals surface area contributed by atoms with Crippen LogP contribution in [0.5, 0.6) is 0 Å². The summed E-state index contributed by atoms with van der Waals surface area (Å²) in [6.07, 6.45) is 5.27. The molecule has 1 atom stereocenters. The molecule has 1 saturated heterocycles. The molecule has 0 spiro atoms. The van der Waals surface area contributed by atoms with E-state index in [1.807, 2.05) is 43.3 Å². The minimum Gasteiger partial charge on any atom is -0.338 e. The van der Waals surface area contributed by atoms with Gasteiger partial charge in [-0.1, -0.05) is 23.8 Å². The van der Waals surface area contributed by atoms with E-state index in [0.717, 1.165) is 24.0 Å². The maximum atomic E-state index is 13.2. The molecular formula is C23H26N4O2. The topological polar surface area (TPSA) is 77.3 Å². The van der Waals surface area contributed by atoms with Crippen LogP contribution in [-0.4, -0.2) is 46.2 Å². The monoisotopic (exact) mass is 390 g/mol. The van der Waals surface area contributed by atoms with Gasteiger partial charge in [-0.15, -0.1) is 0 Å². The third-order valence-corrected chi connectivity index (χ3v) is 5.26. The van der Waals surface area contributed by atoms with Gasteiger partial charge in [0.05, 0.1) is 18.4 Å². The lowest BCUT2D eigenvalue weighted by Gasteiger charge is -2.35. The number of amides is 2. The average Bonchev–Trinajstić information content (AvgIpc) is 2.77. The lowest BCUT2D eigenvalue weighted by atomic mass is 9.95.